The fourth-order valence-corrected chi connectivity index (χ4v) is 1.74. The van der Waals surface area contributed by atoms with Crippen molar-refractivity contribution in [2.75, 3.05) is 20.1 Å². The van der Waals surface area contributed by atoms with Crippen LogP contribution in [0.5, 0.6) is 0 Å². The van der Waals surface area contributed by atoms with Crippen LogP contribution >= 0.6 is 0 Å². The second-order valence-electron chi connectivity index (χ2n) is 4.93. The normalized spacial score (nSPS) is 10.7. The molecule has 0 bridgehead atoms. The van der Waals surface area contributed by atoms with E-state index in [-0.39, 0.29) is 5.91 Å². The largest absolute Gasteiger partial charge is 0.340 e. The van der Waals surface area contributed by atoms with Crippen molar-refractivity contribution in [1.82, 2.24) is 10.2 Å². The van der Waals surface area contributed by atoms with Crippen LogP contribution in [0.15, 0.2) is 24.3 Å². The number of nitrogens with one attached hydrogen (secondary N) is 1. The molecule has 1 rings (SSSR count). The monoisotopic (exact) mass is 248 g/mol. The van der Waals surface area contributed by atoms with Crippen molar-refractivity contribution < 1.29 is 4.79 Å². The highest BCUT2D eigenvalue weighted by Gasteiger charge is 2.08. The van der Waals surface area contributed by atoms with Crippen LogP contribution in [0, 0.1) is 0 Å². The molecule has 1 aromatic rings. The molecule has 0 spiro atoms. The third-order valence-electron chi connectivity index (χ3n) is 3.02. The fourth-order valence-electron chi connectivity index (χ4n) is 1.74. The topological polar surface area (TPSA) is 32.3 Å². The first kappa shape index (κ1) is 14.7. The summed E-state index contributed by atoms with van der Waals surface area (Å²) in [5.74, 6) is 0.678. The molecule has 0 aliphatic rings. The molecular weight excluding hydrogens is 224 g/mol. The number of hydrogen-bond donors (Lipinski definition) is 1. The Morgan fingerprint density at radius 2 is 1.89 bits per heavy atom. The molecule has 1 N–H and O–H groups in total. The van der Waals surface area contributed by atoms with Crippen molar-refractivity contribution in [3.8, 4) is 0 Å². The minimum atomic E-state index is 0.129. The van der Waals surface area contributed by atoms with Crippen LogP contribution in [0.1, 0.15) is 37.8 Å². The highest BCUT2D eigenvalue weighted by molar-refractivity contribution is 5.77. The van der Waals surface area contributed by atoms with Gasteiger partial charge in [-0.1, -0.05) is 45.0 Å². The highest BCUT2D eigenvalue weighted by Crippen LogP contribution is 2.15. The van der Waals surface area contributed by atoms with Crippen molar-refractivity contribution in [3.05, 3.63) is 35.4 Å². The number of carbonyl (C=O) groups is 1. The van der Waals surface area contributed by atoms with Crippen LogP contribution in [0.25, 0.3) is 0 Å². The molecule has 1 amide bonds. The maximum absolute atomic E-state index is 11.7. The third kappa shape index (κ3) is 4.49. The Morgan fingerprint density at radius 1 is 1.28 bits per heavy atom. The fraction of sp³-hybridized carbons (Fsp3) is 0.533. The third-order valence-corrected chi connectivity index (χ3v) is 3.02. The number of rotatable bonds is 6. The molecule has 0 radical (unpaired) electrons. The van der Waals surface area contributed by atoms with E-state index in [9.17, 15) is 4.79 Å². The Hall–Kier alpha value is -1.35. The van der Waals surface area contributed by atoms with Gasteiger partial charge in [0.1, 0.15) is 0 Å². The lowest BCUT2D eigenvalue weighted by Gasteiger charge is -2.18. The van der Waals surface area contributed by atoms with E-state index in [4.69, 9.17) is 0 Å². The summed E-state index contributed by atoms with van der Waals surface area (Å²) in [6, 6.07) is 8.49. The van der Waals surface area contributed by atoms with Crippen LogP contribution in [-0.2, 0) is 11.3 Å². The minimum Gasteiger partial charge on any atom is -0.340 e. The van der Waals surface area contributed by atoms with Gasteiger partial charge in [0.05, 0.1) is 6.54 Å². The average molecular weight is 248 g/mol. The van der Waals surface area contributed by atoms with E-state index < -0.39 is 0 Å². The minimum absolute atomic E-state index is 0.129. The molecule has 1 aromatic carbocycles. The molecule has 0 aliphatic heterocycles. The standard InChI is InChI=1S/C15H24N2O/c1-5-16-10-15(18)17(4)11-13-6-8-14(9-7-13)12(2)3/h6-9,12,16H,5,10-11H2,1-4H3. The lowest BCUT2D eigenvalue weighted by molar-refractivity contribution is -0.129. The van der Waals surface area contributed by atoms with Gasteiger partial charge in [0.2, 0.25) is 5.91 Å². The summed E-state index contributed by atoms with van der Waals surface area (Å²) >= 11 is 0. The second-order valence-corrected chi connectivity index (χ2v) is 4.93. The summed E-state index contributed by atoms with van der Waals surface area (Å²) < 4.78 is 0. The van der Waals surface area contributed by atoms with Crippen LogP contribution in [0.2, 0.25) is 0 Å². The van der Waals surface area contributed by atoms with E-state index in [0.29, 0.717) is 19.0 Å². The second kappa shape index (κ2) is 7.17. The van der Waals surface area contributed by atoms with Gasteiger partial charge in [-0.25, -0.2) is 0 Å². The lowest BCUT2D eigenvalue weighted by Crippen LogP contribution is -2.35. The molecule has 18 heavy (non-hydrogen) atoms. The maximum Gasteiger partial charge on any atom is 0.236 e. The molecule has 0 aromatic heterocycles. The van der Waals surface area contributed by atoms with Gasteiger partial charge >= 0.3 is 0 Å². The predicted octanol–water partition coefficient (Wildman–Crippen LogP) is 2.38. The van der Waals surface area contributed by atoms with Gasteiger partial charge in [0.25, 0.3) is 0 Å². The number of nitrogens with zero attached hydrogens (tertiary/aromatic N) is 1. The zero-order valence-electron chi connectivity index (χ0n) is 11.9. The summed E-state index contributed by atoms with van der Waals surface area (Å²) in [5.41, 5.74) is 2.51. The maximum atomic E-state index is 11.7. The molecule has 0 unspecified atom stereocenters. The van der Waals surface area contributed by atoms with Crippen LogP contribution in [-0.4, -0.2) is 30.9 Å². The zero-order valence-corrected chi connectivity index (χ0v) is 11.9. The van der Waals surface area contributed by atoms with Crippen LogP contribution in [0.4, 0.5) is 0 Å². The number of amides is 1. The van der Waals surface area contributed by atoms with Gasteiger partial charge in [-0.05, 0) is 23.6 Å². The molecule has 3 heteroatoms. The lowest BCUT2D eigenvalue weighted by atomic mass is 10.0. The van der Waals surface area contributed by atoms with Crippen molar-refractivity contribution >= 4 is 5.91 Å². The van der Waals surface area contributed by atoms with E-state index in [2.05, 4.69) is 43.4 Å². The summed E-state index contributed by atoms with van der Waals surface area (Å²) in [4.78, 5) is 13.5. The number of benzene rings is 1. The first-order chi connectivity index (χ1) is 8.54. The van der Waals surface area contributed by atoms with Gasteiger partial charge in [-0.15, -0.1) is 0 Å². The van der Waals surface area contributed by atoms with Gasteiger partial charge in [-0.3, -0.25) is 4.79 Å². The van der Waals surface area contributed by atoms with E-state index in [1.54, 1.807) is 4.90 Å². The first-order valence-corrected chi connectivity index (χ1v) is 6.58. The summed E-state index contributed by atoms with van der Waals surface area (Å²) in [6.07, 6.45) is 0. The van der Waals surface area contributed by atoms with Crippen molar-refractivity contribution in [3.63, 3.8) is 0 Å². The Labute approximate surface area is 110 Å². The Morgan fingerprint density at radius 3 is 2.39 bits per heavy atom. The van der Waals surface area contributed by atoms with Crippen molar-refractivity contribution in [2.24, 2.45) is 0 Å². The Bertz CT molecular complexity index is 371. The predicted molar refractivity (Wildman–Crippen MR) is 75.5 cm³/mol. The molecule has 0 aliphatic carbocycles. The molecular formula is C15H24N2O. The summed E-state index contributed by atoms with van der Waals surface area (Å²) in [7, 11) is 1.84. The molecule has 0 saturated heterocycles. The molecule has 0 heterocycles. The molecule has 0 fully saturated rings. The quantitative estimate of drug-likeness (QED) is 0.838. The number of likely N-dealkylation sites (N-methyl/N-ethyl adjacent to an activating group) is 2. The van der Waals surface area contributed by atoms with Crippen LogP contribution in [0.3, 0.4) is 0 Å². The smallest absolute Gasteiger partial charge is 0.236 e. The number of carbonyl (C=O) groups excluding carboxylic acids is 1. The van der Waals surface area contributed by atoms with E-state index in [1.807, 2.05) is 14.0 Å². The number of hydrogen-bond acceptors (Lipinski definition) is 2. The Balaban J connectivity index is 2.53. The molecule has 0 saturated carbocycles. The van der Waals surface area contributed by atoms with E-state index in [1.165, 1.54) is 11.1 Å². The first-order valence-electron chi connectivity index (χ1n) is 6.58. The summed E-state index contributed by atoms with van der Waals surface area (Å²) in [5, 5.41) is 3.05. The molecule has 0 atom stereocenters. The van der Waals surface area contributed by atoms with Gasteiger partial charge in [0, 0.05) is 13.6 Å². The SMILES string of the molecule is CCNCC(=O)N(C)Cc1ccc(C(C)C)cc1. The highest BCUT2D eigenvalue weighted by atomic mass is 16.2. The van der Waals surface area contributed by atoms with E-state index >= 15 is 0 Å². The van der Waals surface area contributed by atoms with Crippen LogP contribution < -0.4 is 5.32 Å². The van der Waals surface area contributed by atoms with Gasteiger partial charge in [-0.2, -0.15) is 0 Å². The molecule has 3 nitrogen and oxygen atoms in total. The summed E-state index contributed by atoms with van der Waals surface area (Å²) in [6.45, 7) is 8.27. The molecule has 100 valence electrons. The van der Waals surface area contributed by atoms with E-state index in [0.717, 1.165) is 6.54 Å². The van der Waals surface area contributed by atoms with Gasteiger partial charge in [0.15, 0.2) is 0 Å². The zero-order chi connectivity index (χ0) is 13.5. The Kier molecular flexibility index (Phi) is 5.86. The van der Waals surface area contributed by atoms with Crippen molar-refractivity contribution in [1.29, 1.82) is 0 Å². The van der Waals surface area contributed by atoms with Crippen molar-refractivity contribution in [2.45, 2.75) is 33.2 Å². The van der Waals surface area contributed by atoms with Gasteiger partial charge < -0.3 is 10.2 Å². The average Bonchev–Trinajstić information content (AvgIpc) is 2.36.